The molecule has 0 saturated heterocycles. The van der Waals surface area contributed by atoms with Gasteiger partial charge in [0.25, 0.3) is 5.91 Å². The summed E-state index contributed by atoms with van der Waals surface area (Å²) in [6.45, 7) is 5.39. The lowest BCUT2D eigenvalue weighted by atomic mass is 10.1. The summed E-state index contributed by atoms with van der Waals surface area (Å²) in [5.74, 6) is 0.0972. The third kappa shape index (κ3) is 3.17. The number of amides is 1. The molecule has 0 aliphatic carbocycles. The number of carbonyl (C=O) groups is 1. The minimum atomic E-state index is -0.296. The summed E-state index contributed by atoms with van der Waals surface area (Å²) >= 11 is 0. The molecular formula is C15H16FN3O. The zero-order valence-electron chi connectivity index (χ0n) is 11.6. The van der Waals surface area contributed by atoms with Crippen LogP contribution in [0.15, 0.2) is 30.5 Å². The van der Waals surface area contributed by atoms with E-state index in [1.165, 1.54) is 18.3 Å². The quantitative estimate of drug-likeness (QED) is 0.935. The van der Waals surface area contributed by atoms with Gasteiger partial charge in [0.1, 0.15) is 11.6 Å². The predicted octanol–water partition coefficient (Wildman–Crippen LogP) is 2.72. The molecule has 1 heterocycles. The third-order valence-electron chi connectivity index (χ3n) is 3.06. The maximum atomic E-state index is 12.9. The zero-order valence-corrected chi connectivity index (χ0v) is 11.6. The molecule has 20 heavy (non-hydrogen) atoms. The van der Waals surface area contributed by atoms with Crippen LogP contribution in [0.3, 0.4) is 0 Å². The highest BCUT2D eigenvalue weighted by molar-refractivity contribution is 5.95. The van der Waals surface area contributed by atoms with Gasteiger partial charge in [-0.2, -0.15) is 0 Å². The van der Waals surface area contributed by atoms with Crippen molar-refractivity contribution >= 4 is 5.91 Å². The van der Waals surface area contributed by atoms with Gasteiger partial charge in [0.2, 0.25) is 0 Å². The molecule has 0 spiro atoms. The van der Waals surface area contributed by atoms with E-state index >= 15 is 0 Å². The van der Waals surface area contributed by atoms with Crippen LogP contribution < -0.4 is 5.32 Å². The van der Waals surface area contributed by atoms with Crippen molar-refractivity contribution in [3.8, 4) is 0 Å². The predicted molar refractivity (Wildman–Crippen MR) is 73.8 cm³/mol. The molecule has 0 fully saturated rings. The van der Waals surface area contributed by atoms with Crippen LogP contribution in [0.4, 0.5) is 4.39 Å². The van der Waals surface area contributed by atoms with Crippen LogP contribution in [0.5, 0.6) is 0 Å². The fraction of sp³-hybridized carbons (Fsp3) is 0.267. The molecule has 0 aliphatic rings. The van der Waals surface area contributed by atoms with Gasteiger partial charge in [-0.15, -0.1) is 0 Å². The lowest BCUT2D eigenvalue weighted by molar-refractivity contribution is 0.0938. The Morgan fingerprint density at radius 2 is 1.90 bits per heavy atom. The Kier molecular flexibility index (Phi) is 4.08. The van der Waals surface area contributed by atoms with Crippen molar-refractivity contribution in [2.45, 2.75) is 26.8 Å². The van der Waals surface area contributed by atoms with Crippen LogP contribution in [0, 0.1) is 19.7 Å². The molecule has 5 heteroatoms. The molecule has 2 aromatic rings. The summed E-state index contributed by atoms with van der Waals surface area (Å²) in [4.78, 5) is 20.4. The Morgan fingerprint density at radius 3 is 2.50 bits per heavy atom. The fourth-order valence-electron chi connectivity index (χ4n) is 1.92. The average molecular weight is 273 g/mol. The molecule has 0 aliphatic heterocycles. The van der Waals surface area contributed by atoms with Gasteiger partial charge in [0.05, 0.1) is 17.3 Å². The second-order valence-electron chi connectivity index (χ2n) is 4.66. The summed E-state index contributed by atoms with van der Waals surface area (Å²) < 4.78 is 12.9. The summed E-state index contributed by atoms with van der Waals surface area (Å²) in [6, 6.07) is 5.83. The largest absolute Gasteiger partial charge is 0.345 e. The molecule has 1 aromatic carbocycles. The number of rotatable bonds is 3. The van der Waals surface area contributed by atoms with Crippen molar-refractivity contribution < 1.29 is 9.18 Å². The molecule has 0 saturated carbocycles. The van der Waals surface area contributed by atoms with E-state index in [2.05, 4.69) is 15.3 Å². The first-order valence-corrected chi connectivity index (χ1v) is 6.34. The van der Waals surface area contributed by atoms with E-state index in [9.17, 15) is 9.18 Å². The first kappa shape index (κ1) is 14.1. The van der Waals surface area contributed by atoms with Crippen molar-refractivity contribution in [1.29, 1.82) is 0 Å². The van der Waals surface area contributed by atoms with Crippen LogP contribution in [0.2, 0.25) is 0 Å². The van der Waals surface area contributed by atoms with Crippen LogP contribution in [0.25, 0.3) is 0 Å². The van der Waals surface area contributed by atoms with Crippen molar-refractivity contribution in [3.63, 3.8) is 0 Å². The Balaban J connectivity index is 2.13. The van der Waals surface area contributed by atoms with Gasteiger partial charge >= 0.3 is 0 Å². The highest BCUT2D eigenvalue weighted by Gasteiger charge is 2.14. The van der Waals surface area contributed by atoms with E-state index in [1.54, 1.807) is 26.0 Å². The molecule has 4 nitrogen and oxygen atoms in total. The Bertz CT molecular complexity index is 626. The highest BCUT2D eigenvalue weighted by Crippen LogP contribution is 2.14. The van der Waals surface area contributed by atoms with Gasteiger partial charge in [0, 0.05) is 6.20 Å². The van der Waals surface area contributed by atoms with Crippen molar-refractivity contribution in [2.75, 3.05) is 0 Å². The number of aromatic nitrogens is 2. The normalized spacial score (nSPS) is 12.0. The smallest absolute Gasteiger partial charge is 0.255 e. The number of nitrogens with one attached hydrogen (secondary N) is 1. The van der Waals surface area contributed by atoms with Gasteiger partial charge in [-0.25, -0.2) is 14.4 Å². The molecule has 1 atom stereocenters. The fourth-order valence-corrected chi connectivity index (χ4v) is 1.92. The minimum absolute atomic E-state index is 0.219. The van der Waals surface area contributed by atoms with Crippen LogP contribution in [-0.4, -0.2) is 15.9 Å². The summed E-state index contributed by atoms with van der Waals surface area (Å²) in [7, 11) is 0. The van der Waals surface area contributed by atoms with E-state index in [0.29, 0.717) is 17.1 Å². The summed E-state index contributed by atoms with van der Waals surface area (Å²) in [5, 5.41) is 2.85. The maximum absolute atomic E-state index is 12.9. The van der Waals surface area contributed by atoms with E-state index in [0.717, 1.165) is 5.56 Å². The first-order valence-electron chi connectivity index (χ1n) is 6.34. The molecule has 1 unspecified atom stereocenters. The maximum Gasteiger partial charge on any atom is 0.255 e. The van der Waals surface area contributed by atoms with Gasteiger partial charge in [-0.3, -0.25) is 4.79 Å². The third-order valence-corrected chi connectivity index (χ3v) is 3.06. The lowest BCUT2D eigenvalue weighted by Crippen LogP contribution is -2.27. The highest BCUT2D eigenvalue weighted by atomic mass is 19.1. The lowest BCUT2D eigenvalue weighted by Gasteiger charge is -2.15. The van der Waals surface area contributed by atoms with E-state index in [4.69, 9.17) is 0 Å². The number of carbonyl (C=O) groups excluding carboxylic acids is 1. The number of halogens is 1. The van der Waals surface area contributed by atoms with Crippen LogP contribution in [-0.2, 0) is 0 Å². The van der Waals surface area contributed by atoms with Crippen LogP contribution in [0.1, 0.15) is 40.4 Å². The molecule has 1 amide bonds. The molecule has 104 valence electrons. The van der Waals surface area contributed by atoms with Gasteiger partial charge < -0.3 is 5.32 Å². The Morgan fingerprint density at radius 1 is 1.25 bits per heavy atom. The molecule has 0 radical (unpaired) electrons. The number of nitrogens with zero attached hydrogens (tertiary/aromatic N) is 2. The molecule has 1 N–H and O–H groups in total. The standard InChI is InChI=1S/C15H16FN3O/c1-9(12-4-6-13(16)7-5-12)19-15(20)14-8-17-11(3)18-10(14)2/h4-9H,1-3H3,(H,19,20). The first-order chi connectivity index (χ1) is 9.47. The van der Waals surface area contributed by atoms with E-state index in [1.807, 2.05) is 6.92 Å². The van der Waals surface area contributed by atoms with Crippen molar-refractivity contribution in [3.05, 3.63) is 58.9 Å². The zero-order chi connectivity index (χ0) is 14.7. The van der Waals surface area contributed by atoms with Crippen molar-refractivity contribution in [2.24, 2.45) is 0 Å². The van der Waals surface area contributed by atoms with Gasteiger partial charge in [-0.1, -0.05) is 12.1 Å². The summed E-state index contributed by atoms with van der Waals surface area (Å²) in [5.41, 5.74) is 1.93. The Hall–Kier alpha value is -2.30. The van der Waals surface area contributed by atoms with Gasteiger partial charge in [0.15, 0.2) is 0 Å². The number of benzene rings is 1. The SMILES string of the molecule is Cc1ncc(C(=O)NC(C)c2ccc(F)cc2)c(C)n1. The van der Waals surface area contributed by atoms with Gasteiger partial charge in [-0.05, 0) is 38.5 Å². The number of hydrogen-bond acceptors (Lipinski definition) is 3. The monoisotopic (exact) mass is 273 g/mol. The van der Waals surface area contributed by atoms with E-state index in [-0.39, 0.29) is 17.8 Å². The number of aryl methyl sites for hydroxylation is 2. The molecule has 1 aromatic heterocycles. The molecule has 0 bridgehead atoms. The second-order valence-corrected chi connectivity index (χ2v) is 4.66. The topological polar surface area (TPSA) is 54.9 Å². The average Bonchev–Trinajstić information content (AvgIpc) is 2.39. The second kappa shape index (κ2) is 5.77. The minimum Gasteiger partial charge on any atom is -0.345 e. The summed E-state index contributed by atoms with van der Waals surface area (Å²) in [6.07, 6.45) is 1.52. The van der Waals surface area contributed by atoms with Crippen LogP contribution >= 0.6 is 0 Å². The van der Waals surface area contributed by atoms with E-state index < -0.39 is 0 Å². The number of hydrogen-bond donors (Lipinski definition) is 1. The Labute approximate surface area is 117 Å². The molecular weight excluding hydrogens is 257 g/mol. The molecule has 2 rings (SSSR count). The van der Waals surface area contributed by atoms with Crippen molar-refractivity contribution in [1.82, 2.24) is 15.3 Å².